The molecule has 2 rings (SSSR count). The van der Waals surface area contributed by atoms with Crippen molar-refractivity contribution in [2.45, 2.75) is 13.3 Å². The fraction of sp³-hybridized carbons (Fsp3) is 0.500. The van der Waals surface area contributed by atoms with Crippen molar-refractivity contribution in [2.24, 2.45) is 7.05 Å². The third kappa shape index (κ3) is 2.44. The zero-order chi connectivity index (χ0) is 12.3. The number of hydrogen-bond acceptors (Lipinski definition) is 3. The molecule has 17 heavy (non-hydrogen) atoms. The van der Waals surface area contributed by atoms with Gasteiger partial charge in [-0.3, -0.25) is 0 Å². The Bertz CT molecular complexity index is 488. The van der Waals surface area contributed by atoms with Crippen LogP contribution in [0.25, 0.3) is 11.0 Å². The van der Waals surface area contributed by atoms with Crippen molar-refractivity contribution in [2.75, 3.05) is 23.3 Å². The quantitative estimate of drug-likeness (QED) is 0.795. The fourth-order valence-corrected chi connectivity index (χ4v) is 2.40. The van der Waals surface area contributed by atoms with E-state index in [9.17, 15) is 0 Å². The molecular weight excluding hydrogens is 280 g/mol. The first-order valence-corrected chi connectivity index (χ1v) is 6.97. The molecular formula is C12H17BrN4. The molecule has 4 nitrogen and oxygen atoms in total. The maximum atomic E-state index is 4.49. The predicted molar refractivity (Wildman–Crippen MR) is 74.8 cm³/mol. The SMILES string of the molecule is CCCN(CCBr)c1nccc2c1ncn2C. The highest BCUT2D eigenvalue weighted by molar-refractivity contribution is 9.09. The minimum atomic E-state index is 0.942. The number of fused-ring (bicyclic) bond motifs is 1. The first-order chi connectivity index (χ1) is 8.27. The Morgan fingerprint density at radius 3 is 2.88 bits per heavy atom. The average molecular weight is 297 g/mol. The molecule has 0 saturated carbocycles. The first kappa shape index (κ1) is 12.4. The van der Waals surface area contributed by atoms with Crippen molar-refractivity contribution in [1.29, 1.82) is 0 Å². The standard InChI is InChI=1S/C12H17BrN4/c1-3-7-17(8-5-13)12-11-10(4-6-14-12)16(2)9-15-11/h4,6,9H,3,5,7-8H2,1-2H3. The van der Waals surface area contributed by atoms with Crippen molar-refractivity contribution in [3.63, 3.8) is 0 Å². The Labute approximate surface area is 110 Å². The molecule has 0 saturated heterocycles. The van der Waals surface area contributed by atoms with Crippen LogP contribution in [0.4, 0.5) is 5.82 Å². The maximum Gasteiger partial charge on any atom is 0.156 e. The molecule has 0 fully saturated rings. The van der Waals surface area contributed by atoms with Crippen LogP contribution < -0.4 is 4.90 Å². The molecule has 0 aromatic carbocycles. The lowest BCUT2D eigenvalue weighted by molar-refractivity contribution is 0.787. The third-order valence-electron chi connectivity index (χ3n) is 2.77. The largest absolute Gasteiger partial charge is 0.354 e. The van der Waals surface area contributed by atoms with Crippen molar-refractivity contribution >= 4 is 32.8 Å². The molecule has 0 aliphatic heterocycles. The predicted octanol–water partition coefficient (Wildman–Crippen LogP) is 2.58. The van der Waals surface area contributed by atoms with Crippen LogP contribution in [0.3, 0.4) is 0 Å². The number of rotatable bonds is 5. The van der Waals surface area contributed by atoms with E-state index in [1.165, 1.54) is 0 Å². The number of nitrogens with zero attached hydrogens (tertiary/aromatic N) is 4. The summed E-state index contributed by atoms with van der Waals surface area (Å²) >= 11 is 3.49. The van der Waals surface area contributed by atoms with Crippen molar-refractivity contribution in [3.05, 3.63) is 18.6 Å². The smallest absolute Gasteiger partial charge is 0.156 e. The first-order valence-electron chi connectivity index (χ1n) is 5.85. The molecule has 2 heterocycles. The minimum Gasteiger partial charge on any atom is -0.354 e. The molecule has 0 aliphatic rings. The lowest BCUT2D eigenvalue weighted by atomic mass is 10.3. The third-order valence-corrected chi connectivity index (χ3v) is 3.13. The van der Waals surface area contributed by atoms with E-state index < -0.39 is 0 Å². The van der Waals surface area contributed by atoms with E-state index in [2.05, 4.69) is 37.7 Å². The summed E-state index contributed by atoms with van der Waals surface area (Å²) in [5.41, 5.74) is 2.12. The number of anilines is 1. The summed E-state index contributed by atoms with van der Waals surface area (Å²) in [6, 6.07) is 2.00. The Balaban J connectivity index is 2.44. The van der Waals surface area contributed by atoms with Crippen LogP contribution in [0.5, 0.6) is 0 Å². The molecule has 0 amide bonds. The summed E-state index contributed by atoms with van der Waals surface area (Å²) in [4.78, 5) is 11.2. The molecule has 0 N–H and O–H groups in total. The van der Waals surface area contributed by atoms with Gasteiger partial charge in [0.2, 0.25) is 0 Å². The number of alkyl halides is 1. The van der Waals surface area contributed by atoms with E-state index >= 15 is 0 Å². The minimum absolute atomic E-state index is 0.942. The van der Waals surface area contributed by atoms with Crippen molar-refractivity contribution in [3.8, 4) is 0 Å². The van der Waals surface area contributed by atoms with E-state index in [-0.39, 0.29) is 0 Å². The summed E-state index contributed by atoms with van der Waals surface area (Å²) in [5, 5.41) is 0.942. The van der Waals surface area contributed by atoms with E-state index in [0.717, 1.165) is 41.7 Å². The molecule has 92 valence electrons. The number of pyridine rings is 1. The Morgan fingerprint density at radius 2 is 2.18 bits per heavy atom. The molecule has 0 atom stereocenters. The van der Waals surface area contributed by atoms with Crippen LogP contribution in [0.15, 0.2) is 18.6 Å². The van der Waals surface area contributed by atoms with Crippen molar-refractivity contribution < 1.29 is 0 Å². The van der Waals surface area contributed by atoms with Gasteiger partial charge in [0.05, 0.1) is 11.8 Å². The van der Waals surface area contributed by atoms with Gasteiger partial charge < -0.3 is 9.47 Å². The second kappa shape index (κ2) is 5.49. The maximum absolute atomic E-state index is 4.49. The van der Waals surface area contributed by atoms with Gasteiger partial charge in [0.1, 0.15) is 5.52 Å². The second-order valence-electron chi connectivity index (χ2n) is 4.03. The highest BCUT2D eigenvalue weighted by Gasteiger charge is 2.12. The van der Waals surface area contributed by atoms with Gasteiger partial charge in [-0.2, -0.15) is 0 Å². The van der Waals surface area contributed by atoms with Gasteiger partial charge >= 0.3 is 0 Å². The lowest BCUT2D eigenvalue weighted by Gasteiger charge is -2.22. The summed E-state index contributed by atoms with van der Waals surface area (Å²) in [7, 11) is 2.01. The summed E-state index contributed by atoms with van der Waals surface area (Å²) in [6.07, 6.45) is 4.81. The van der Waals surface area contributed by atoms with E-state index in [1.54, 1.807) is 0 Å². The number of imidazole rings is 1. The van der Waals surface area contributed by atoms with Gasteiger partial charge in [-0.15, -0.1) is 0 Å². The van der Waals surface area contributed by atoms with Crippen LogP contribution in [0.1, 0.15) is 13.3 Å². The number of hydrogen-bond donors (Lipinski definition) is 0. The summed E-state index contributed by atoms with van der Waals surface area (Å²) in [5.74, 6) is 0.990. The van der Waals surface area contributed by atoms with Gasteiger partial charge in [-0.25, -0.2) is 9.97 Å². The zero-order valence-electron chi connectivity index (χ0n) is 10.2. The lowest BCUT2D eigenvalue weighted by Crippen LogP contribution is -2.27. The topological polar surface area (TPSA) is 34.0 Å². The van der Waals surface area contributed by atoms with Gasteiger partial charge in [0, 0.05) is 31.7 Å². The summed E-state index contributed by atoms with van der Waals surface area (Å²) < 4.78 is 2.03. The fourth-order valence-electron chi connectivity index (χ4n) is 1.98. The van der Waals surface area contributed by atoms with Crippen LogP contribution in [0, 0.1) is 0 Å². The molecule has 0 radical (unpaired) electrons. The second-order valence-corrected chi connectivity index (χ2v) is 4.83. The Hall–Kier alpha value is -1.10. The Morgan fingerprint density at radius 1 is 1.35 bits per heavy atom. The molecule has 0 aliphatic carbocycles. The van der Waals surface area contributed by atoms with Crippen LogP contribution in [-0.4, -0.2) is 33.0 Å². The van der Waals surface area contributed by atoms with Gasteiger partial charge in [0.25, 0.3) is 0 Å². The van der Waals surface area contributed by atoms with Gasteiger partial charge in [0.15, 0.2) is 5.82 Å². The molecule has 0 unspecified atom stereocenters. The molecule has 2 aromatic rings. The van der Waals surface area contributed by atoms with Crippen molar-refractivity contribution in [1.82, 2.24) is 14.5 Å². The van der Waals surface area contributed by atoms with Crippen LogP contribution >= 0.6 is 15.9 Å². The number of aryl methyl sites for hydroxylation is 1. The van der Waals surface area contributed by atoms with E-state index in [4.69, 9.17) is 0 Å². The monoisotopic (exact) mass is 296 g/mol. The van der Waals surface area contributed by atoms with E-state index in [0.29, 0.717) is 0 Å². The van der Waals surface area contributed by atoms with Crippen LogP contribution in [-0.2, 0) is 7.05 Å². The highest BCUT2D eigenvalue weighted by atomic mass is 79.9. The molecule has 2 aromatic heterocycles. The van der Waals surface area contributed by atoms with Gasteiger partial charge in [-0.1, -0.05) is 22.9 Å². The Kier molecular flexibility index (Phi) is 3.99. The molecule has 5 heteroatoms. The number of aromatic nitrogens is 3. The summed E-state index contributed by atoms with van der Waals surface area (Å²) in [6.45, 7) is 4.14. The van der Waals surface area contributed by atoms with E-state index in [1.807, 2.05) is 30.2 Å². The van der Waals surface area contributed by atoms with Gasteiger partial charge in [-0.05, 0) is 12.5 Å². The zero-order valence-corrected chi connectivity index (χ0v) is 11.8. The molecule has 0 spiro atoms. The highest BCUT2D eigenvalue weighted by Crippen LogP contribution is 2.22. The number of halogens is 1. The average Bonchev–Trinajstić information content (AvgIpc) is 2.71. The van der Waals surface area contributed by atoms with Crippen LogP contribution in [0.2, 0.25) is 0 Å². The molecule has 0 bridgehead atoms. The normalized spacial score (nSPS) is 11.0.